The summed E-state index contributed by atoms with van der Waals surface area (Å²) in [5.74, 6) is -1.20. The molecule has 0 unspecified atom stereocenters. The zero-order valence-electron chi connectivity index (χ0n) is 13.5. The van der Waals surface area contributed by atoms with Gasteiger partial charge in [-0.1, -0.05) is 55.8 Å². The third-order valence-corrected chi connectivity index (χ3v) is 5.14. The highest BCUT2D eigenvalue weighted by molar-refractivity contribution is 7.89. The molecule has 2 aromatic rings. The summed E-state index contributed by atoms with van der Waals surface area (Å²) in [6.45, 7) is 2.05. The van der Waals surface area contributed by atoms with E-state index in [2.05, 4.69) is 4.72 Å². The van der Waals surface area contributed by atoms with Crippen LogP contribution in [-0.4, -0.2) is 25.5 Å². The van der Waals surface area contributed by atoms with Crippen LogP contribution in [0.3, 0.4) is 0 Å². The molecule has 1 atom stereocenters. The smallest absolute Gasteiger partial charge is 0.322 e. The molecule has 0 aliphatic heterocycles. The summed E-state index contributed by atoms with van der Waals surface area (Å²) in [7, 11) is -3.89. The normalized spacial score (nSPS) is 12.7. The van der Waals surface area contributed by atoms with E-state index >= 15 is 0 Å². The summed E-state index contributed by atoms with van der Waals surface area (Å²) in [6, 6.07) is 14.2. The standard InChI is InChI=1S/C18H21NO4S/c1-2-6-14-9-11-16(12-10-14)24(22,23)19-17(18(20)21)13-15-7-4-3-5-8-15/h3-5,7-12,17,19H,2,6,13H2,1H3,(H,20,21)/t17-/m1/s1. The minimum absolute atomic E-state index is 0.0710. The van der Waals surface area contributed by atoms with Crippen molar-refractivity contribution in [3.05, 3.63) is 65.7 Å². The molecule has 0 fully saturated rings. The van der Waals surface area contributed by atoms with E-state index in [0.717, 1.165) is 24.0 Å². The number of aryl methyl sites for hydroxylation is 1. The summed E-state index contributed by atoms with van der Waals surface area (Å²) in [5, 5.41) is 9.33. The van der Waals surface area contributed by atoms with Gasteiger partial charge in [-0.3, -0.25) is 4.79 Å². The molecule has 0 bridgehead atoms. The number of hydrogen-bond acceptors (Lipinski definition) is 3. The summed E-state index contributed by atoms with van der Waals surface area (Å²) < 4.78 is 27.1. The lowest BCUT2D eigenvalue weighted by molar-refractivity contribution is -0.138. The first-order chi connectivity index (χ1) is 11.4. The molecule has 24 heavy (non-hydrogen) atoms. The van der Waals surface area contributed by atoms with Crippen LogP contribution < -0.4 is 4.72 Å². The number of aliphatic carboxylic acids is 1. The molecule has 0 heterocycles. The van der Waals surface area contributed by atoms with E-state index in [-0.39, 0.29) is 11.3 Å². The highest BCUT2D eigenvalue weighted by Gasteiger charge is 2.25. The van der Waals surface area contributed by atoms with Gasteiger partial charge in [0.25, 0.3) is 0 Å². The Kier molecular flexibility index (Phi) is 6.11. The van der Waals surface area contributed by atoms with Crippen molar-refractivity contribution in [3.63, 3.8) is 0 Å². The molecule has 5 nitrogen and oxygen atoms in total. The number of rotatable bonds is 8. The van der Waals surface area contributed by atoms with Crippen molar-refractivity contribution >= 4 is 16.0 Å². The maximum Gasteiger partial charge on any atom is 0.322 e. The van der Waals surface area contributed by atoms with Crippen LogP contribution in [0.4, 0.5) is 0 Å². The van der Waals surface area contributed by atoms with Crippen molar-refractivity contribution in [3.8, 4) is 0 Å². The third-order valence-electron chi connectivity index (χ3n) is 3.65. The molecule has 0 saturated carbocycles. The summed E-state index contributed by atoms with van der Waals surface area (Å²) >= 11 is 0. The molecule has 0 aromatic heterocycles. The zero-order valence-corrected chi connectivity index (χ0v) is 14.3. The number of hydrogen-bond donors (Lipinski definition) is 2. The summed E-state index contributed by atoms with van der Waals surface area (Å²) in [5.41, 5.74) is 1.81. The number of carboxylic acid groups (broad SMARTS) is 1. The molecule has 0 radical (unpaired) electrons. The molecule has 2 aromatic carbocycles. The molecule has 0 aliphatic rings. The second-order valence-electron chi connectivity index (χ2n) is 5.60. The summed E-state index contributed by atoms with van der Waals surface area (Å²) in [6.07, 6.45) is 1.94. The van der Waals surface area contributed by atoms with Crippen LogP contribution in [0.5, 0.6) is 0 Å². The van der Waals surface area contributed by atoms with Crippen molar-refractivity contribution in [1.82, 2.24) is 4.72 Å². The molecule has 0 aliphatic carbocycles. The predicted octanol–water partition coefficient (Wildman–Crippen LogP) is 2.61. The lowest BCUT2D eigenvalue weighted by Crippen LogP contribution is -2.42. The fraction of sp³-hybridized carbons (Fsp3) is 0.278. The maximum atomic E-state index is 12.4. The van der Waals surface area contributed by atoms with E-state index in [1.807, 2.05) is 13.0 Å². The second-order valence-corrected chi connectivity index (χ2v) is 7.31. The van der Waals surface area contributed by atoms with Crippen LogP contribution in [0.25, 0.3) is 0 Å². The van der Waals surface area contributed by atoms with Gasteiger partial charge in [-0.15, -0.1) is 0 Å². The number of carboxylic acids is 1. The highest BCUT2D eigenvalue weighted by Crippen LogP contribution is 2.13. The van der Waals surface area contributed by atoms with Crippen molar-refractivity contribution in [2.24, 2.45) is 0 Å². The van der Waals surface area contributed by atoms with Crippen LogP contribution >= 0.6 is 0 Å². The van der Waals surface area contributed by atoms with Crippen LogP contribution in [0.15, 0.2) is 59.5 Å². The van der Waals surface area contributed by atoms with E-state index in [0.29, 0.717) is 0 Å². The van der Waals surface area contributed by atoms with Crippen molar-refractivity contribution in [1.29, 1.82) is 0 Å². The Hall–Kier alpha value is -2.18. The van der Waals surface area contributed by atoms with Crippen molar-refractivity contribution < 1.29 is 18.3 Å². The lowest BCUT2D eigenvalue weighted by Gasteiger charge is -2.15. The van der Waals surface area contributed by atoms with E-state index < -0.39 is 22.0 Å². The third kappa shape index (κ3) is 4.91. The molecule has 0 saturated heterocycles. The average Bonchev–Trinajstić information content (AvgIpc) is 2.56. The second kappa shape index (κ2) is 8.08. The van der Waals surface area contributed by atoms with E-state index in [4.69, 9.17) is 0 Å². The lowest BCUT2D eigenvalue weighted by atomic mass is 10.1. The first kappa shape index (κ1) is 18.2. The number of sulfonamides is 1. The minimum atomic E-state index is -3.89. The van der Waals surface area contributed by atoms with Crippen LogP contribution in [-0.2, 0) is 27.7 Å². The number of nitrogens with one attached hydrogen (secondary N) is 1. The Labute approximate surface area is 142 Å². The van der Waals surface area contributed by atoms with Gasteiger partial charge in [0.1, 0.15) is 6.04 Å². The Morgan fingerprint density at radius 1 is 1.04 bits per heavy atom. The Bertz CT molecular complexity index is 770. The first-order valence-electron chi connectivity index (χ1n) is 7.80. The van der Waals surface area contributed by atoms with E-state index in [1.165, 1.54) is 12.1 Å². The van der Waals surface area contributed by atoms with Gasteiger partial charge in [0.2, 0.25) is 10.0 Å². The SMILES string of the molecule is CCCc1ccc(S(=O)(=O)N[C@H](Cc2ccccc2)C(=O)O)cc1. The zero-order chi connectivity index (χ0) is 17.6. The Morgan fingerprint density at radius 2 is 1.67 bits per heavy atom. The molecular formula is C18H21NO4S. The number of carbonyl (C=O) groups is 1. The molecule has 6 heteroatoms. The molecule has 2 rings (SSSR count). The summed E-state index contributed by atoms with van der Waals surface area (Å²) in [4.78, 5) is 11.5. The monoisotopic (exact) mass is 347 g/mol. The fourth-order valence-electron chi connectivity index (χ4n) is 2.41. The molecular weight excluding hydrogens is 326 g/mol. The van der Waals surface area contributed by atoms with Crippen LogP contribution in [0, 0.1) is 0 Å². The topological polar surface area (TPSA) is 83.5 Å². The minimum Gasteiger partial charge on any atom is -0.480 e. The maximum absolute atomic E-state index is 12.4. The quantitative estimate of drug-likeness (QED) is 0.769. The largest absolute Gasteiger partial charge is 0.480 e. The molecule has 128 valence electrons. The molecule has 2 N–H and O–H groups in total. The van der Waals surface area contributed by atoms with Gasteiger partial charge in [0, 0.05) is 0 Å². The van der Waals surface area contributed by atoms with Crippen molar-refractivity contribution in [2.75, 3.05) is 0 Å². The van der Waals surface area contributed by atoms with Gasteiger partial charge in [0.15, 0.2) is 0 Å². The van der Waals surface area contributed by atoms with Gasteiger partial charge in [-0.05, 0) is 36.1 Å². The van der Waals surface area contributed by atoms with Crippen molar-refractivity contribution in [2.45, 2.75) is 37.1 Å². The van der Waals surface area contributed by atoms with Crippen LogP contribution in [0.1, 0.15) is 24.5 Å². The molecule has 0 spiro atoms. The Morgan fingerprint density at radius 3 is 2.21 bits per heavy atom. The van der Waals surface area contributed by atoms with Gasteiger partial charge < -0.3 is 5.11 Å². The van der Waals surface area contributed by atoms with Crippen LogP contribution in [0.2, 0.25) is 0 Å². The molecule has 0 amide bonds. The average molecular weight is 347 g/mol. The van der Waals surface area contributed by atoms with Gasteiger partial charge in [-0.2, -0.15) is 4.72 Å². The van der Waals surface area contributed by atoms with Gasteiger partial charge >= 0.3 is 5.97 Å². The highest BCUT2D eigenvalue weighted by atomic mass is 32.2. The first-order valence-corrected chi connectivity index (χ1v) is 9.28. The van der Waals surface area contributed by atoms with E-state index in [9.17, 15) is 18.3 Å². The van der Waals surface area contributed by atoms with Gasteiger partial charge in [-0.25, -0.2) is 8.42 Å². The fourth-order valence-corrected chi connectivity index (χ4v) is 3.60. The Balaban J connectivity index is 2.16. The predicted molar refractivity (Wildman–Crippen MR) is 92.3 cm³/mol. The van der Waals surface area contributed by atoms with E-state index in [1.54, 1.807) is 36.4 Å². The number of benzene rings is 2. The van der Waals surface area contributed by atoms with Gasteiger partial charge in [0.05, 0.1) is 4.90 Å².